The highest BCUT2D eigenvalue weighted by Crippen LogP contribution is 2.30. The molecule has 2 heterocycles. The predicted molar refractivity (Wildman–Crippen MR) is 68.5 cm³/mol. The molecule has 0 saturated heterocycles. The van der Waals surface area contributed by atoms with Gasteiger partial charge < -0.3 is 5.73 Å². The molecule has 0 aliphatic carbocycles. The van der Waals surface area contributed by atoms with Gasteiger partial charge in [0.2, 0.25) is 0 Å². The van der Waals surface area contributed by atoms with Crippen LogP contribution >= 0.6 is 11.3 Å². The fourth-order valence-corrected chi connectivity index (χ4v) is 2.42. The van der Waals surface area contributed by atoms with E-state index in [0.717, 1.165) is 22.7 Å². The molecule has 2 aromatic rings. The van der Waals surface area contributed by atoms with Crippen LogP contribution in [-0.2, 0) is 0 Å². The SMILES string of the molecule is CCC(C)c1csc(-c2cccnc2N)n1. The van der Waals surface area contributed by atoms with E-state index in [0.29, 0.717) is 11.7 Å². The molecule has 0 spiro atoms. The Balaban J connectivity index is 2.35. The summed E-state index contributed by atoms with van der Waals surface area (Å²) in [4.78, 5) is 8.68. The van der Waals surface area contributed by atoms with Gasteiger partial charge in [0.1, 0.15) is 10.8 Å². The maximum absolute atomic E-state index is 5.83. The number of nitrogens with two attached hydrogens (primary N) is 1. The van der Waals surface area contributed by atoms with Gasteiger partial charge in [0.05, 0.1) is 11.3 Å². The Kier molecular flexibility index (Phi) is 3.19. The van der Waals surface area contributed by atoms with Crippen molar-refractivity contribution in [2.45, 2.75) is 26.2 Å². The molecule has 84 valence electrons. The van der Waals surface area contributed by atoms with Crippen LogP contribution in [0.3, 0.4) is 0 Å². The fraction of sp³-hybridized carbons (Fsp3) is 0.333. The Hall–Kier alpha value is -1.42. The average molecular weight is 233 g/mol. The topological polar surface area (TPSA) is 51.8 Å². The highest BCUT2D eigenvalue weighted by molar-refractivity contribution is 7.13. The molecule has 0 fully saturated rings. The molecule has 0 aromatic carbocycles. The molecule has 0 aliphatic rings. The number of anilines is 1. The van der Waals surface area contributed by atoms with Gasteiger partial charge in [-0.1, -0.05) is 13.8 Å². The Morgan fingerprint density at radius 2 is 2.31 bits per heavy atom. The quantitative estimate of drug-likeness (QED) is 0.885. The Bertz CT molecular complexity index is 479. The summed E-state index contributed by atoms with van der Waals surface area (Å²) in [6, 6.07) is 3.84. The molecule has 2 aromatic heterocycles. The zero-order valence-electron chi connectivity index (χ0n) is 9.47. The zero-order chi connectivity index (χ0) is 11.5. The molecule has 16 heavy (non-hydrogen) atoms. The van der Waals surface area contributed by atoms with Crippen LogP contribution in [0.25, 0.3) is 10.6 Å². The summed E-state index contributed by atoms with van der Waals surface area (Å²) >= 11 is 1.63. The van der Waals surface area contributed by atoms with Gasteiger partial charge in [-0.2, -0.15) is 0 Å². The van der Waals surface area contributed by atoms with Crippen LogP contribution < -0.4 is 5.73 Å². The van der Waals surface area contributed by atoms with Crippen molar-refractivity contribution in [3.05, 3.63) is 29.4 Å². The first-order chi connectivity index (χ1) is 7.72. The maximum Gasteiger partial charge on any atom is 0.133 e. The summed E-state index contributed by atoms with van der Waals surface area (Å²) in [7, 11) is 0. The third-order valence-electron chi connectivity index (χ3n) is 2.71. The summed E-state index contributed by atoms with van der Waals surface area (Å²) in [5.41, 5.74) is 7.90. The number of nitrogens with zero attached hydrogens (tertiary/aromatic N) is 2. The van der Waals surface area contributed by atoms with Crippen molar-refractivity contribution in [2.75, 3.05) is 5.73 Å². The Labute approximate surface area is 99.4 Å². The van der Waals surface area contributed by atoms with E-state index in [1.807, 2.05) is 12.1 Å². The molecule has 1 atom stereocenters. The van der Waals surface area contributed by atoms with Crippen molar-refractivity contribution < 1.29 is 0 Å². The second-order valence-electron chi connectivity index (χ2n) is 3.82. The van der Waals surface area contributed by atoms with E-state index in [1.165, 1.54) is 0 Å². The third kappa shape index (κ3) is 2.07. The van der Waals surface area contributed by atoms with Crippen LogP contribution in [0.2, 0.25) is 0 Å². The second-order valence-corrected chi connectivity index (χ2v) is 4.68. The van der Waals surface area contributed by atoms with Gasteiger partial charge in [-0.3, -0.25) is 0 Å². The number of nitrogen functional groups attached to an aromatic ring is 1. The minimum absolute atomic E-state index is 0.503. The van der Waals surface area contributed by atoms with E-state index in [1.54, 1.807) is 17.5 Å². The van der Waals surface area contributed by atoms with E-state index in [2.05, 4.69) is 29.2 Å². The number of thiazole rings is 1. The van der Waals surface area contributed by atoms with E-state index in [9.17, 15) is 0 Å². The number of aromatic nitrogens is 2. The van der Waals surface area contributed by atoms with Crippen LogP contribution in [0.15, 0.2) is 23.7 Å². The van der Waals surface area contributed by atoms with Crippen molar-refractivity contribution in [2.24, 2.45) is 0 Å². The largest absolute Gasteiger partial charge is 0.383 e. The average Bonchev–Trinajstić information content (AvgIpc) is 2.78. The molecular weight excluding hydrogens is 218 g/mol. The van der Waals surface area contributed by atoms with Crippen molar-refractivity contribution in [3.8, 4) is 10.6 Å². The molecule has 2 N–H and O–H groups in total. The van der Waals surface area contributed by atoms with Gasteiger partial charge in [-0.05, 0) is 24.5 Å². The summed E-state index contributed by atoms with van der Waals surface area (Å²) in [5.74, 6) is 1.05. The maximum atomic E-state index is 5.83. The van der Waals surface area contributed by atoms with Crippen LogP contribution in [-0.4, -0.2) is 9.97 Å². The van der Waals surface area contributed by atoms with Crippen LogP contribution in [0.5, 0.6) is 0 Å². The summed E-state index contributed by atoms with van der Waals surface area (Å²) in [6.45, 7) is 4.35. The molecule has 0 saturated carbocycles. The minimum Gasteiger partial charge on any atom is -0.383 e. The van der Waals surface area contributed by atoms with E-state index < -0.39 is 0 Å². The molecular formula is C12H15N3S. The monoisotopic (exact) mass is 233 g/mol. The fourth-order valence-electron chi connectivity index (χ4n) is 1.44. The Morgan fingerprint density at radius 1 is 1.50 bits per heavy atom. The number of pyridine rings is 1. The second kappa shape index (κ2) is 4.61. The molecule has 0 radical (unpaired) electrons. The summed E-state index contributed by atoms with van der Waals surface area (Å²) in [6.07, 6.45) is 2.80. The number of hydrogen-bond acceptors (Lipinski definition) is 4. The van der Waals surface area contributed by atoms with Crippen molar-refractivity contribution in [3.63, 3.8) is 0 Å². The standard InChI is InChI=1S/C12H15N3S/c1-3-8(2)10-7-16-12(15-10)9-5-4-6-14-11(9)13/h4-8H,3H2,1-2H3,(H2,13,14). The first-order valence-electron chi connectivity index (χ1n) is 5.38. The first kappa shape index (κ1) is 11.1. The van der Waals surface area contributed by atoms with E-state index >= 15 is 0 Å². The third-order valence-corrected chi connectivity index (χ3v) is 3.60. The van der Waals surface area contributed by atoms with Crippen molar-refractivity contribution >= 4 is 17.2 Å². The van der Waals surface area contributed by atoms with Gasteiger partial charge in [-0.25, -0.2) is 9.97 Å². The molecule has 0 aliphatic heterocycles. The van der Waals surface area contributed by atoms with Gasteiger partial charge >= 0.3 is 0 Å². The van der Waals surface area contributed by atoms with Gasteiger partial charge in [0.15, 0.2) is 0 Å². The lowest BCUT2D eigenvalue weighted by Gasteiger charge is -2.03. The van der Waals surface area contributed by atoms with E-state index in [4.69, 9.17) is 5.73 Å². The van der Waals surface area contributed by atoms with Gasteiger partial charge in [-0.15, -0.1) is 11.3 Å². The van der Waals surface area contributed by atoms with Crippen molar-refractivity contribution in [1.82, 2.24) is 9.97 Å². The Morgan fingerprint density at radius 3 is 3.00 bits per heavy atom. The molecule has 0 bridgehead atoms. The predicted octanol–water partition coefficient (Wildman–Crippen LogP) is 3.30. The number of rotatable bonds is 3. The van der Waals surface area contributed by atoms with Crippen LogP contribution in [0.1, 0.15) is 31.9 Å². The van der Waals surface area contributed by atoms with Crippen molar-refractivity contribution in [1.29, 1.82) is 0 Å². The molecule has 2 rings (SSSR count). The van der Waals surface area contributed by atoms with E-state index in [-0.39, 0.29) is 0 Å². The minimum atomic E-state index is 0.503. The summed E-state index contributed by atoms with van der Waals surface area (Å²) in [5, 5.41) is 3.07. The normalized spacial score (nSPS) is 12.6. The van der Waals surface area contributed by atoms with Gasteiger partial charge in [0, 0.05) is 11.6 Å². The van der Waals surface area contributed by atoms with Gasteiger partial charge in [0.25, 0.3) is 0 Å². The van der Waals surface area contributed by atoms with Crippen LogP contribution in [0.4, 0.5) is 5.82 Å². The molecule has 4 heteroatoms. The lowest BCUT2D eigenvalue weighted by molar-refractivity contribution is 0.714. The lowest BCUT2D eigenvalue weighted by atomic mass is 10.1. The lowest BCUT2D eigenvalue weighted by Crippen LogP contribution is -1.94. The summed E-state index contributed by atoms with van der Waals surface area (Å²) < 4.78 is 0. The molecule has 1 unspecified atom stereocenters. The molecule has 3 nitrogen and oxygen atoms in total. The smallest absolute Gasteiger partial charge is 0.133 e. The van der Waals surface area contributed by atoms with Crippen LogP contribution in [0, 0.1) is 0 Å². The highest BCUT2D eigenvalue weighted by atomic mass is 32.1. The zero-order valence-corrected chi connectivity index (χ0v) is 10.3. The first-order valence-corrected chi connectivity index (χ1v) is 6.26. The molecule has 0 amide bonds. The highest BCUT2D eigenvalue weighted by Gasteiger charge is 2.11. The number of hydrogen-bond donors (Lipinski definition) is 1.